The normalized spacial score (nSPS) is 10.5. The highest BCUT2D eigenvalue weighted by molar-refractivity contribution is 9.10. The zero-order valence-electron chi connectivity index (χ0n) is 10.8. The van der Waals surface area contributed by atoms with Crippen LogP contribution < -0.4 is 0 Å². The molecule has 19 heavy (non-hydrogen) atoms. The van der Waals surface area contributed by atoms with Crippen LogP contribution in [0.25, 0.3) is 0 Å². The summed E-state index contributed by atoms with van der Waals surface area (Å²) in [5.41, 5.74) is 4.08. The Morgan fingerprint density at radius 2 is 1.79 bits per heavy atom. The second-order valence-electron chi connectivity index (χ2n) is 4.59. The molecule has 0 aliphatic rings. The number of carbonyl (C=O) groups excluding carboxylic acids is 1. The number of rotatable bonds is 3. The summed E-state index contributed by atoms with van der Waals surface area (Å²) >= 11 is 9.28. The summed E-state index contributed by atoms with van der Waals surface area (Å²) in [5.74, 6) is 0.0981. The van der Waals surface area contributed by atoms with Gasteiger partial charge in [-0.1, -0.05) is 29.8 Å². The van der Waals surface area contributed by atoms with Gasteiger partial charge >= 0.3 is 0 Å². The van der Waals surface area contributed by atoms with Crippen LogP contribution in [0.15, 0.2) is 40.9 Å². The summed E-state index contributed by atoms with van der Waals surface area (Å²) in [4.78, 5) is 12.4. The third kappa shape index (κ3) is 3.26. The van der Waals surface area contributed by atoms with Gasteiger partial charge in [-0.3, -0.25) is 4.79 Å². The summed E-state index contributed by atoms with van der Waals surface area (Å²) in [6.45, 7) is 4.07. The average molecular weight is 338 g/mol. The SMILES string of the molecule is Cc1cccc(C)c1CC(=O)c1ccc(Cl)cc1Br. The van der Waals surface area contributed by atoms with Crippen molar-refractivity contribution in [3.05, 3.63) is 68.1 Å². The molecule has 1 nitrogen and oxygen atoms in total. The van der Waals surface area contributed by atoms with Crippen LogP contribution in [0, 0.1) is 13.8 Å². The first kappa shape index (κ1) is 14.3. The van der Waals surface area contributed by atoms with E-state index in [4.69, 9.17) is 11.6 Å². The van der Waals surface area contributed by atoms with E-state index in [0.29, 0.717) is 17.0 Å². The van der Waals surface area contributed by atoms with Gasteiger partial charge in [0.1, 0.15) is 0 Å². The van der Waals surface area contributed by atoms with Crippen LogP contribution in [-0.4, -0.2) is 5.78 Å². The molecule has 0 saturated carbocycles. The highest BCUT2D eigenvalue weighted by Gasteiger charge is 2.13. The lowest BCUT2D eigenvalue weighted by Crippen LogP contribution is -2.07. The molecule has 2 rings (SSSR count). The first-order chi connectivity index (χ1) is 8.99. The van der Waals surface area contributed by atoms with E-state index in [1.165, 1.54) is 0 Å². The minimum atomic E-state index is 0.0981. The second-order valence-corrected chi connectivity index (χ2v) is 5.89. The lowest BCUT2D eigenvalue weighted by molar-refractivity contribution is 0.0992. The molecule has 0 aliphatic heterocycles. The quantitative estimate of drug-likeness (QED) is 0.708. The molecule has 2 aromatic carbocycles. The number of hydrogen-bond donors (Lipinski definition) is 0. The molecule has 0 spiro atoms. The van der Waals surface area contributed by atoms with Crippen LogP contribution in [0.4, 0.5) is 0 Å². The molecule has 0 radical (unpaired) electrons. The Bertz CT molecular complexity index is 614. The fraction of sp³-hybridized carbons (Fsp3) is 0.188. The number of benzene rings is 2. The van der Waals surface area contributed by atoms with Crippen molar-refractivity contribution in [2.75, 3.05) is 0 Å². The second kappa shape index (κ2) is 5.89. The Hall–Kier alpha value is -1.12. The van der Waals surface area contributed by atoms with E-state index >= 15 is 0 Å². The van der Waals surface area contributed by atoms with E-state index in [1.54, 1.807) is 18.2 Å². The molecule has 98 valence electrons. The van der Waals surface area contributed by atoms with Gasteiger partial charge < -0.3 is 0 Å². The number of Topliss-reactive ketones (excluding diaryl/α,β-unsaturated/α-hetero) is 1. The average Bonchev–Trinajstić information content (AvgIpc) is 2.33. The summed E-state index contributed by atoms with van der Waals surface area (Å²) in [6.07, 6.45) is 0.415. The number of aryl methyl sites for hydroxylation is 2. The van der Waals surface area contributed by atoms with E-state index in [0.717, 1.165) is 21.2 Å². The zero-order valence-corrected chi connectivity index (χ0v) is 13.2. The van der Waals surface area contributed by atoms with Crippen molar-refractivity contribution in [1.29, 1.82) is 0 Å². The fourth-order valence-corrected chi connectivity index (χ4v) is 3.00. The van der Waals surface area contributed by atoms with Crippen LogP contribution >= 0.6 is 27.5 Å². The lowest BCUT2D eigenvalue weighted by atomic mass is 9.96. The largest absolute Gasteiger partial charge is 0.294 e. The molecule has 0 heterocycles. The van der Waals surface area contributed by atoms with Crippen molar-refractivity contribution in [3.8, 4) is 0 Å². The van der Waals surface area contributed by atoms with E-state index < -0.39 is 0 Å². The molecule has 2 aromatic rings. The molecule has 3 heteroatoms. The van der Waals surface area contributed by atoms with Crippen LogP contribution in [0.5, 0.6) is 0 Å². The first-order valence-electron chi connectivity index (χ1n) is 6.02. The van der Waals surface area contributed by atoms with Crippen molar-refractivity contribution < 1.29 is 4.79 Å². The fourth-order valence-electron chi connectivity index (χ4n) is 2.10. The van der Waals surface area contributed by atoms with E-state index in [9.17, 15) is 4.79 Å². The minimum Gasteiger partial charge on any atom is -0.294 e. The van der Waals surface area contributed by atoms with Gasteiger partial charge in [0.05, 0.1) is 0 Å². The highest BCUT2D eigenvalue weighted by atomic mass is 79.9. The third-order valence-corrected chi connectivity index (χ3v) is 4.10. The zero-order chi connectivity index (χ0) is 14.0. The van der Waals surface area contributed by atoms with Crippen molar-refractivity contribution >= 4 is 33.3 Å². The summed E-state index contributed by atoms with van der Waals surface area (Å²) in [7, 11) is 0. The van der Waals surface area contributed by atoms with Gasteiger partial charge in [0.2, 0.25) is 0 Å². The van der Waals surface area contributed by atoms with Crippen molar-refractivity contribution in [1.82, 2.24) is 0 Å². The van der Waals surface area contributed by atoms with Gasteiger partial charge in [-0.25, -0.2) is 0 Å². The molecule has 0 saturated heterocycles. The van der Waals surface area contributed by atoms with Gasteiger partial charge in [0.25, 0.3) is 0 Å². The van der Waals surface area contributed by atoms with Gasteiger partial charge in [0.15, 0.2) is 5.78 Å². The Morgan fingerprint density at radius 3 is 2.37 bits per heavy atom. The topological polar surface area (TPSA) is 17.1 Å². The summed E-state index contributed by atoms with van der Waals surface area (Å²) < 4.78 is 0.747. The molecule has 0 bridgehead atoms. The predicted molar refractivity (Wildman–Crippen MR) is 83.1 cm³/mol. The number of ketones is 1. The molecule has 0 atom stereocenters. The first-order valence-corrected chi connectivity index (χ1v) is 7.19. The van der Waals surface area contributed by atoms with Crippen LogP contribution in [0.2, 0.25) is 5.02 Å². The molecule has 0 amide bonds. The molecule has 0 N–H and O–H groups in total. The van der Waals surface area contributed by atoms with E-state index in [-0.39, 0.29) is 5.78 Å². The smallest absolute Gasteiger partial charge is 0.168 e. The lowest BCUT2D eigenvalue weighted by Gasteiger charge is -2.10. The Morgan fingerprint density at radius 1 is 1.16 bits per heavy atom. The number of carbonyl (C=O) groups is 1. The third-order valence-electron chi connectivity index (χ3n) is 3.21. The molecule has 0 aliphatic carbocycles. The maximum atomic E-state index is 12.4. The Labute approximate surface area is 126 Å². The summed E-state index contributed by atoms with van der Waals surface area (Å²) in [6, 6.07) is 11.3. The number of hydrogen-bond acceptors (Lipinski definition) is 1. The monoisotopic (exact) mass is 336 g/mol. The standard InChI is InChI=1S/C16H14BrClO/c1-10-4-3-5-11(2)14(10)9-16(19)13-7-6-12(18)8-15(13)17/h3-8H,9H2,1-2H3. The maximum absolute atomic E-state index is 12.4. The minimum absolute atomic E-state index is 0.0981. The van der Waals surface area contributed by atoms with Crippen molar-refractivity contribution in [2.45, 2.75) is 20.3 Å². The predicted octanol–water partition coefficient (Wildman–Crippen LogP) is 5.14. The maximum Gasteiger partial charge on any atom is 0.168 e. The molecule has 0 unspecified atom stereocenters. The van der Waals surface area contributed by atoms with E-state index in [2.05, 4.69) is 15.9 Å². The van der Waals surface area contributed by atoms with Gasteiger partial charge in [-0.05, 0) is 64.7 Å². The van der Waals surface area contributed by atoms with Gasteiger partial charge in [-0.2, -0.15) is 0 Å². The van der Waals surface area contributed by atoms with Crippen molar-refractivity contribution in [2.24, 2.45) is 0 Å². The van der Waals surface area contributed by atoms with Crippen LogP contribution in [0.1, 0.15) is 27.0 Å². The molecular weight excluding hydrogens is 324 g/mol. The van der Waals surface area contributed by atoms with Gasteiger partial charge in [-0.15, -0.1) is 0 Å². The Balaban J connectivity index is 2.31. The molecule has 0 fully saturated rings. The van der Waals surface area contributed by atoms with Crippen LogP contribution in [0.3, 0.4) is 0 Å². The highest BCUT2D eigenvalue weighted by Crippen LogP contribution is 2.24. The van der Waals surface area contributed by atoms with Crippen molar-refractivity contribution in [3.63, 3.8) is 0 Å². The Kier molecular flexibility index (Phi) is 4.43. The van der Waals surface area contributed by atoms with Gasteiger partial charge in [0, 0.05) is 21.5 Å². The number of halogens is 2. The van der Waals surface area contributed by atoms with Crippen LogP contribution in [-0.2, 0) is 6.42 Å². The molecular formula is C16H14BrClO. The summed E-state index contributed by atoms with van der Waals surface area (Å²) in [5, 5.41) is 0.621. The molecule has 0 aromatic heterocycles. The van der Waals surface area contributed by atoms with E-state index in [1.807, 2.05) is 32.0 Å².